The molecule has 4 nitrogen and oxygen atoms in total. The molecule has 108 valence electrons. The zero-order valence-electron chi connectivity index (χ0n) is 12.1. The highest BCUT2D eigenvalue weighted by Gasteiger charge is 2.45. The van der Waals surface area contributed by atoms with Gasteiger partial charge >= 0.3 is 0 Å². The molecule has 20 heavy (non-hydrogen) atoms. The third-order valence-corrected chi connectivity index (χ3v) is 3.94. The molecule has 2 unspecified atom stereocenters. The third kappa shape index (κ3) is 2.52. The number of likely N-dealkylation sites (tertiary alicyclic amines) is 1. The van der Waals surface area contributed by atoms with Crippen LogP contribution in [0.15, 0.2) is 24.3 Å². The van der Waals surface area contributed by atoms with E-state index in [0.717, 1.165) is 24.2 Å². The number of rotatable bonds is 4. The molecule has 0 radical (unpaired) electrons. The molecule has 0 aromatic heterocycles. The molecule has 1 saturated heterocycles. The van der Waals surface area contributed by atoms with Gasteiger partial charge < -0.3 is 15.4 Å². The van der Waals surface area contributed by atoms with Crippen LogP contribution in [0.3, 0.4) is 0 Å². The first-order valence-corrected chi connectivity index (χ1v) is 7.39. The van der Waals surface area contributed by atoms with Gasteiger partial charge in [-0.1, -0.05) is 12.1 Å². The summed E-state index contributed by atoms with van der Waals surface area (Å²) in [5.41, 5.74) is 7.30. The summed E-state index contributed by atoms with van der Waals surface area (Å²) in [6.07, 6.45) is 2.86. The van der Waals surface area contributed by atoms with Crippen molar-refractivity contribution in [2.45, 2.75) is 57.3 Å². The number of carbonyl (C=O) groups excluding carboxylic acids is 1. The normalized spacial score (nSPS) is 26.4. The van der Waals surface area contributed by atoms with Crippen LogP contribution < -0.4 is 10.5 Å². The largest absolute Gasteiger partial charge is 0.491 e. The van der Waals surface area contributed by atoms with Gasteiger partial charge in [0.2, 0.25) is 5.91 Å². The van der Waals surface area contributed by atoms with Gasteiger partial charge in [0.1, 0.15) is 5.75 Å². The fraction of sp³-hybridized carbons (Fsp3) is 0.562. The van der Waals surface area contributed by atoms with Crippen LogP contribution in [0, 0.1) is 0 Å². The molecule has 0 bridgehead atoms. The summed E-state index contributed by atoms with van der Waals surface area (Å²) in [5, 5.41) is 0. The Hall–Kier alpha value is -1.55. The average molecular weight is 274 g/mol. The van der Waals surface area contributed by atoms with E-state index in [1.54, 1.807) is 0 Å². The molecule has 2 fully saturated rings. The van der Waals surface area contributed by atoms with Crippen molar-refractivity contribution in [2.24, 2.45) is 5.73 Å². The zero-order chi connectivity index (χ0) is 14.3. The lowest BCUT2D eigenvalue weighted by molar-refractivity contribution is -0.129. The second kappa shape index (κ2) is 5.09. The molecule has 2 N–H and O–H groups in total. The molecule has 1 amide bonds. The van der Waals surface area contributed by atoms with E-state index in [-0.39, 0.29) is 24.1 Å². The lowest BCUT2D eigenvalue weighted by Gasteiger charge is -2.27. The first-order chi connectivity index (χ1) is 9.56. The van der Waals surface area contributed by atoms with Crippen molar-refractivity contribution < 1.29 is 9.53 Å². The number of benzene rings is 1. The van der Waals surface area contributed by atoms with Crippen molar-refractivity contribution in [3.63, 3.8) is 0 Å². The van der Waals surface area contributed by atoms with E-state index in [4.69, 9.17) is 10.5 Å². The highest BCUT2D eigenvalue weighted by Crippen LogP contribution is 2.41. The number of nitrogens with two attached hydrogens (primary N) is 1. The Kier molecular flexibility index (Phi) is 3.42. The lowest BCUT2D eigenvalue weighted by atomic mass is 10.0. The summed E-state index contributed by atoms with van der Waals surface area (Å²) in [6, 6.07) is 8.36. The minimum atomic E-state index is -0.0973. The first-order valence-electron chi connectivity index (χ1n) is 7.39. The van der Waals surface area contributed by atoms with Gasteiger partial charge in [0.25, 0.3) is 0 Å². The number of hydrogen-bond donors (Lipinski definition) is 1. The van der Waals surface area contributed by atoms with E-state index >= 15 is 0 Å². The fourth-order valence-corrected chi connectivity index (χ4v) is 2.99. The molecule has 0 spiro atoms. The van der Waals surface area contributed by atoms with Gasteiger partial charge in [-0.25, -0.2) is 0 Å². The Morgan fingerprint density at radius 1 is 1.25 bits per heavy atom. The standard InChI is InChI=1S/C16H22N2O2/c1-10(2)20-13-7-3-11(4-8-13)16-14(17)9-15(19)18(16)12-5-6-12/h3-4,7-8,10,12,14,16H,5-6,9,17H2,1-2H3. The van der Waals surface area contributed by atoms with Crippen molar-refractivity contribution in [1.29, 1.82) is 0 Å². The minimum Gasteiger partial charge on any atom is -0.491 e. The van der Waals surface area contributed by atoms with Crippen LogP contribution >= 0.6 is 0 Å². The SMILES string of the molecule is CC(C)Oc1ccc(C2C(N)CC(=O)N2C2CC2)cc1. The monoisotopic (exact) mass is 274 g/mol. The number of carbonyl (C=O) groups is 1. The Morgan fingerprint density at radius 2 is 1.90 bits per heavy atom. The van der Waals surface area contributed by atoms with Gasteiger partial charge in [0, 0.05) is 18.5 Å². The maximum atomic E-state index is 12.1. The smallest absolute Gasteiger partial charge is 0.225 e. The van der Waals surface area contributed by atoms with Crippen molar-refractivity contribution >= 4 is 5.91 Å². The molecule has 1 aromatic carbocycles. The number of hydrogen-bond acceptors (Lipinski definition) is 3. The van der Waals surface area contributed by atoms with Crippen LogP contribution in [-0.2, 0) is 4.79 Å². The summed E-state index contributed by atoms with van der Waals surface area (Å²) in [6.45, 7) is 4.02. The maximum Gasteiger partial charge on any atom is 0.225 e. The predicted octanol–water partition coefficient (Wildman–Crippen LogP) is 2.24. The van der Waals surface area contributed by atoms with Crippen LogP contribution in [-0.4, -0.2) is 29.0 Å². The summed E-state index contributed by atoms with van der Waals surface area (Å²) < 4.78 is 5.65. The van der Waals surface area contributed by atoms with Gasteiger partial charge in [-0.2, -0.15) is 0 Å². The Morgan fingerprint density at radius 3 is 2.45 bits per heavy atom. The molecule has 1 saturated carbocycles. The summed E-state index contributed by atoms with van der Waals surface area (Å²) in [5.74, 6) is 1.06. The predicted molar refractivity (Wildman–Crippen MR) is 77.4 cm³/mol. The second-order valence-electron chi connectivity index (χ2n) is 6.08. The molecule has 1 heterocycles. The van der Waals surface area contributed by atoms with Crippen molar-refractivity contribution in [3.8, 4) is 5.75 Å². The summed E-state index contributed by atoms with van der Waals surface area (Å²) in [7, 11) is 0. The molecular weight excluding hydrogens is 252 g/mol. The molecule has 2 aliphatic rings. The molecule has 1 aliphatic carbocycles. The van der Waals surface area contributed by atoms with Crippen LogP contribution in [0.25, 0.3) is 0 Å². The quantitative estimate of drug-likeness (QED) is 0.916. The average Bonchev–Trinajstić information content (AvgIpc) is 3.16. The molecule has 1 aromatic rings. The maximum absolute atomic E-state index is 12.1. The lowest BCUT2D eigenvalue weighted by Crippen LogP contribution is -2.34. The summed E-state index contributed by atoms with van der Waals surface area (Å²) >= 11 is 0. The van der Waals surface area contributed by atoms with Gasteiger partial charge in [-0.05, 0) is 44.4 Å². The minimum absolute atomic E-state index is 0.0306. The van der Waals surface area contributed by atoms with Crippen LogP contribution in [0.1, 0.15) is 44.7 Å². The van der Waals surface area contributed by atoms with E-state index in [2.05, 4.69) is 0 Å². The van der Waals surface area contributed by atoms with Gasteiger partial charge in [0.05, 0.1) is 12.1 Å². The van der Waals surface area contributed by atoms with Crippen molar-refractivity contribution in [2.75, 3.05) is 0 Å². The molecule has 1 aliphatic heterocycles. The molecule has 4 heteroatoms. The Bertz CT molecular complexity index is 494. The second-order valence-corrected chi connectivity index (χ2v) is 6.08. The first kappa shape index (κ1) is 13.4. The number of amides is 1. The van der Waals surface area contributed by atoms with Crippen LogP contribution in [0.4, 0.5) is 0 Å². The molecule has 3 rings (SSSR count). The topological polar surface area (TPSA) is 55.6 Å². The van der Waals surface area contributed by atoms with E-state index in [9.17, 15) is 4.79 Å². The fourth-order valence-electron chi connectivity index (χ4n) is 2.99. The number of nitrogens with zero attached hydrogens (tertiary/aromatic N) is 1. The number of ether oxygens (including phenoxy) is 1. The molecular formula is C16H22N2O2. The molecule has 2 atom stereocenters. The van der Waals surface area contributed by atoms with E-state index in [1.165, 1.54) is 0 Å². The van der Waals surface area contributed by atoms with E-state index in [0.29, 0.717) is 12.5 Å². The Labute approximate surface area is 119 Å². The van der Waals surface area contributed by atoms with Crippen molar-refractivity contribution in [3.05, 3.63) is 29.8 Å². The Balaban J connectivity index is 1.81. The van der Waals surface area contributed by atoms with Crippen molar-refractivity contribution in [1.82, 2.24) is 4.90 Å². The zero-order valence-corrected chi connectivity index (χ0v) is 12.1. The highest BCUT2D eigenvalue weighted by atomic mass is 16.5. The van der Waals surface area contributed by atoms with E-state index in [1.807, 2.05) is 43.0 Å². The van der Waals surface area contributed by atoms with E-state index < -0.39 is 0 Å². The van der Waals surface area contributed by atoms with Gasteiger partial charge in [-0.15, -0.1) is 0 Å². The summed E-state index contributed by atoms with van der Waals surface area (Å²) in [4.78, 5) is 14.1. The van der Waals surface area contributed by atoms with Gasteiger partial charge in [0.15, 0.2) is 0 Å². The highest BCUT2D eigenvalue weighted by molar-refractivity contribution is 5.81. The van der Waals surface area contributed by atoms with Gasteiger partial charge in [-0.3, -0.25) is 4.79 Å². The van der Waals surface area contributed by atoms with Crippen LogP contribution in [0.2, 0.25) is 0 Å². The van der Waals surface area contributed by atoms with Crippen LogP contribution in [0.5, 0.6) is 5.75 Å². The third-order valence-electron chi connectivity index (χ3n) is 3.94.